The zero-order valence-electron chi connectivity index (χ0n) is 17.9. The highest BCUT2D eigenvalue weighted by Gasteiger charge is 2.32. The number of fused-ring (bicyclic) bond motifs is 1. The lowest BCUT2D eigenvalue weighted by atomic mass is 10.0. The van der Waals surface area contributed by atoms with E-state index in [-0.39, 0.29) is 4.90 Å². The van der Waals surface area contributed by atoms with Crippen molar-refractivity contribution in [1.82, 2.24) is 0 Å². The molecule has 0 N–H and O–H groups in total. The molecule has 0 spiro atoms. The molecule has 162 valence electrons. The second-order valence-corrected chi connectivity index (χ2v) is 9.47. The molecule has 0 fully saturated rings. The average molecular weight is 444 g/mol. The molecule has 0 bridgehead atoms. The summed E-state index contributed by atoms with van der Waals surface area (Å²) in [5.74, 6) is -0.577. The van der Waals surface area contributed by atoms with Crippen LogP contribution in [-0.4, -0.2) is 14.3 Å². The van der Waals surface area contributed by atoms with E-state index in [1.165, 1.54) is 12.1 Å². The molecule has 4 aromatic rings. The van der Waals surface area contributed by atoms with Gasteiger partial charge in [0.1, 0.15) is 0 Å². The minimum absolute atomic E-state index is 0.0728. The Kier molecular flexibility index (Phi) is 6.37. The molecule has 0 saturated carbocycles. The third-order valence-electron chi connectivity index (χ3n) is 5.48. The summed E-state index contributed by atoms with van der Waals surface area (Å²) < 4.78 is 28.2. The molecule has 0 atom stereocenters. The van der Waals surface area contributed by atoms with Gasteiger partial charge in [0.2, 0.25) is 0 Å². The fraction of sp³-hybridized carbons (Fsp3) is 0.148. The van der Waals surface area contributed by atoms with Gasteiger partial charge in [0, 0.05) is 5.56 Å². The van der Waals surface area contributed by atoms with E-state index in [1.54, 1.807) is 42.5 Å². The van der Waals surface area contributed by atoms with Crippen molar-refractivity contribution in [2.24, 2.45) is 0 Å². The standard InChI is InChI=1S/C27H25NO3S/c1-2-3-10-21-17-19-23(20-18-21)28(32(30,31)24-13-5-4-6-14-24)27(29)26-16-9-12-22-11-7-8-15-25(22)26/h4-9,11-20H,2-3,10H2,1H3. The number of hydrogen-bond acceptors (Lipinski definition) is 3. The van der Waals surface area contributed by atoms with Crippen molar-refractivity contribution in [3.05, 3.63) is 108 Å². The lowest BCUT2D eigenvalue weighted by Gasteiger charge is -2.23. The van der Waals surface area contributed by atoms with Crippen LogP contribution in [-0.2, 0) is 16.4 Å². The van der Waals surface area contributed by atoms with Gasteiger partial charge < -0.3 is 0 Å². The van der Waals surface area contributed by atoms with Crippen molar-refractivity contribution in [1.29, 1.82) is 0 Å². The monoisotopic (exact) mass is 443 g/mol. The van der Waals surface area contributed by atoms with E-state index in [0.717, 1.165) is 34.5 Å². The van der Waals surface area contributed by atoms with E-state index >= 15 is 0 Å². The molecule has 0 aliphatic rings. The Bertz CT molecular complexity index is 1330. The summed E-state index contributed by atoms with van der Waals surface area (Å²) in [7, 11) is -4.12. The Morgan fingerprint density at radius 2 is 1.44 bits per heavy atom. The van der Waals surface area contributed by atoms with Crippen LogP contribution < -0.4 is 4.31 Å². The number of carbonyl (C=O) groups is 1. The molecule has 0 heterocycles. The van der Waals surface area contributed by atoms with Gasteiger partial charge in [0.05, 0.1) is 10.6 Å². The number of amides is 1. The Hall–Kier alpha value is -3.44. The van der Waals surface area contributed by atoms with Crippen LogP contribution in [0.2, 0.25) is 0 Å². The van der Waals surface area contributed by atoms with E-state index in [1.807, 2.05) is 42.5 Å². The molecule has 4 aromatic carbocycles. The first-order valence-corrected chi connectivity index (χ1v) is 12.2. The molecule has 32 heavy (non-hydrogen) atoms. The van der Waals surface area contributed by atoms with Gasteiger partial charge in [-0.05, 0) is 59.5 Å². The number of nitrogens with zero attached hydrogens (tertiary/aromatic N) is 1. The number of carbonyl (C=O) groups excluding carboxylic acids is 1. The van der Waals surface area contributed by atoms with E-state index < -0.39 is 15.9 Å². The van der Waals surface area contributed by atoms with Crippen LogP contribution in [0.25, 0.3) is 10.8 Å². The lowest BCUT2D eigenvalue weighted by molar-refractivity contribution is 0.101. The zero-order chi connectivity index (χ0) is 22.6. The molecular weight excluding hydrogens is 418 g/mol. The van der Waals surface area contributed by atoms with Gasteiger partial charge >= 0.3 is 0 Å². The Balaban J connectivity index is 1.85. The smallest absolute Gasteiger partial charge is 0.268 e. The molecule has 0 radical (unpaired) electrons. The molecule has 1 amide bonds. The van der Waals surface area contributed by atoms with Crippen molar-refractivity contribution in [3.8, 4) is 0 Å². The van der Waals surface area contributed by atoms with Crippen LogP contribution in [0.5, 0.6) is 0 Å². The summed E-state index contributed by atoms with van der Waals surface area (Å²) >= 11 is 0. The topological polar surface area (TPSA) is 54.5 Å². The lowest BCUT2D eigenvalue weighted by Crippen LogP contribution is -2.37. The summed E-state index contributed by atoms with van der Waals surface area (Å²) in [4.78, 5) is 13.9. The number of aryl methyl sites for hydroxylation is 1. The minimum atomic E-state index is -4.12. The summed E-state index contributed by atoms with van der Waals surface area (Å²) in [6.45, 7) is 2.13. The van der Waals surface area contributed by atoms with Crippen molar-refractivity contribution in [2.75, 3.05) is 4.31 Å². The van der Waals surface area contributed by atoms with Gasteiger partial charge in [-0.2, -0.15) is 4.31 Å². The van der Waals surface area contributed by atoms with Crippen molar-refractivity contribution in [2.45, 2.75) is 31.1 Å². The second kappa shape index (κ2) is 9.37. The van der Waals surface area contributed by atoms with E-state index in [0.29, 0.717) is 16.6 Å². The summed E-state index contributed by atoms with van der Waals surface area (Å²) in [5.41, 5.74) is 1.79. The largest absolute Gasteiger partial charge is 0.272 e. The number of sulfonamides is 1. The van der Waals surface area contributed by atoms with Gasteiger partial charge in [-0.3, -0.25) is 4.79 Å². The first-order valence-electron chi connectivity index (χ1n) is 10.7. The Morgan fingerprint density at radius 1 is 0.781 bits per heavy atom. The van der Waals surface area contributed by atoms with Crippen LogP contribution in [0.1, 0.15) is 35.7 Å². The molecule has 0 unspecified atom stereocenters. The highest BCUT2D eigenvalue weighted by atomic mass is 32.2. The van der Waals surface area contributed by atoms with Gasteiger partial charge in [0.25, 0.3) is 15.9 Å². The highest BCUT2D eigenvalue weighted by molar-refractivity contribution is 7.93. The second-order valence-electron chi connectivity index (χ2n) is 7.68. The predicted octanol–water partition coefficient (Wildman–Crippen LogP) is 6.22. The summed E-state index contributed by atoms with van der Waals surface area (Å²) in [5, 5.41) is 1.60. The molecule has 0 aromatic heterocycles. The maximum Gasteiger partial charge on any atom is 0.272 e. The van der Waals surface area contributed by atoms with Crippen molar-refractivity contribution in [3.63, 3.8) is 0 Å². The first-order chi connectivity index (χ1) is 15.5. The molecule has 0 aliphatic carbocycles. The van der Waals surface area contributed by atoms with Crippen LogP contribution in [0.15, 0.2) is 102 Å². The van der Waals surface area contributed by atoms with Crippen LogP contribution in [0.4, 0.5) is 5.69 Å². The third-order valence-corrected chi connectivity index (χ3v) is 7.20. The molecular formula is C27H25NO3S. The van der Waals surface area contributed by atoms with Crippen LogP contribution in [0, 0.1) is 0 Å². The molecule has 0 aliphatic heterocycles. The van der Waals surface area contributed by atoms with E-state index in [9.17, 15) is 13.2 Å². The molecule has 4 rings (SSSR count). The maximum atomic E-state index is 13.8. The molecule has 0 saturated heterocycles. The normalized spacial score (nSPS) is 11.4. The van der Waals surface area contributed by atoms with Gasteiger partial charge in [-0.25, -0.2) is 8.42 Å². The third kappa shape index (κ3) is 4.30. The van der Waals surface area contributed by atoms with Gasteiger partial charge in [-0.1, -0.05) is 80.1 Å². The summed E-state index contributed by atoms with van der Waals surface area (Å²) in [6, 6.07) is 28.1. The van der Waals surface area contributed by atoms with Gasteiger partial charge in [-0.15, -0.1) is 0 Å². The van der Waals surface area contributed by atoms with Crippen LogP contribution in [0.3, 0.4) is 0 Å². The van der Waals surface area contributed by atoms with E-state index in [2.05, 4.69) is 6.92 Å². The zero-order valence-corrected chi connectivity index (χ0v) is 18.8. The highest BCUT2D eigenvalue weighted by Crippen LogP contribution is 2.29. The fourth-order valence-electron chi connectivity index (χ4n) is 3.76. The fourth-order valence-corrected chi connectivity index (χ4v) is 5.19. The number of unbranched alkanes of at least 4 members (excludes halogenated alkanes) is 1. The maximum absolute atomic E-state index is 13.8. The number of rotatable bonds is 7. The molecule has 4 nitrogen and oxygen atoms in total. The minimum Gasteiger partial charge on any atom is -0.268 e. The Labute approximate surface area is 189 Å². The number of anilines is 1. The first kappa shape index (κ1) is 21.8. The number of benzene rings is 4. The quantitative estimate of drug-likeness (QED) is 0.341. The predicted molar refractivity (Wildman–Crippen MR) is 129 cm³/mol. The van der Waals surface area contributed by atoms with Gasteiger partial charge in [0.15, 0.2) is 0 Å². The van der Waals surface area contributed by atoms with Crippen LogP contribution >= 0.6 is 0 Å². The molecule has 5 heteroatoms. The average Bonchev–Trinajstić information content (AvgIpc) is 2.83. The van der Waals surface area contributed by atoms with Crippen molar-refractivity contribution < 1.29 is 13.2 Å². The number of hydrogen-bond donors (Lipinski definition) is 0. The van der Waals surface area contributed by atoms with Crippen molar-refractivity contribution >= 4 is 32.4 Å². The SMILES string of the molecule is CCCCc1ccc(N(C(=O)c2cccc3ccccc23)S(=O)(=O)c2ccccc2)cc1. The summed E-state index contributed by atoms with van der Waals surface area (Å²) in [6.07, 6.45) is 3.05. The van der Waals surface area contributed by atoms with E-state index in [4.69, 9.17) is 0 Å². The Morgan fingerprint density at radius 3 is 2.16 bits per heavy atom.